The monoisotopic (exact) mass is 427 g/mol. The number of amides is 2. The van der Waals surface area contributed by atoms with Crippen molar-refractivity contribution in [3.05, 3.63) is 59.4 Å². The summed E-state index contributed by atoms with van der Waals surface area (Å²) in [7, 11) is 3.86. The Hall–Kier alpha value is -2.93. The molecule has 0 spiro atoms. The number of anilines is 2. The molecule has 31 heavy (non-hydrogen) atoms. The summed E-state index contributed by atoms with van der Waals surface area (Å²) >= 11 is 0. The van der Waals surface area contributed by atoms with Crippen LogP contribution >= 0.6 is 0 Å². The van der Waals surface area contributed by atoms with Crippen molar-refractivity contribution in [2.45, 2.75) is 38.8 Å². The Bertz CT molecular complexity index is 926. The van der Waals surface area contributed by atoms with Gasteiger partial charge in [0.25, 0.3) is 5.91 Å². The van der Waals surface area contributed by atoms with Gasteiger partial charge in [-0.25, -0.2) is 4.39 Å². The van der Waals surface area contributed by atoms with Crippen LogP contribution in [-0.2, 0) is 16.1 Å². The van der Waals surface area contributed by atoms with E-state index < -0.39 is 5.82 Å². The Morgan fingerprint density at radius 1 is 1.19 bits per heavy atom. The topological polar surface area (TPSA) is 61.9 Å². The maximum atomic E-state index is 13.8. The summed E-state index contributed by atoms with van der Waals surface area (Å²) in [6.45, 7) is 3.23. The lowest BCUT2D eigenvalue weighted by Crippen LogP contribution is -2.37. The van der Waals surface area contributed by atoms with Gasteiger partial charge in [0, 0.05) is 57.2 Å². The molecule has 2 amide bonds. The largest absolute Gasteiger partial charge is 0.377 e. The third-order valence-electron chi connectivity index (χ3n) is 5.33. The fourth-order valence-electron chi connectivity index (χ4n) is 3.74. The van der Waals surface area contributed by atoms with Crippen molar-refractivity contribution >= 4 is 23.2 Å². The molecule has 1 aliphatic rings. The van der Waals surface area contributed by atoms with Gasteiger partial charge in [0.2, 0.25) is 5.91 Å². The van der Waals surface area contributed by atoms with E-state index >= 15 is 0 Å². The minimum absolute atomic E-state index is 0.0386. The molecular weight excluding hydrogens is 397 g/mol. The smallest absolute Gasteiger partial charge is 0.254 e. The van der Waals surface area contributed by atoms with Crippen molar-refractivity contribution in [2.75, 3.05) is 37.5 Å². The average Bonchev–Trinajstić information content (AvgIpc) is 3.25. The summed E-state index contributed by atoms with van der Waals surface area (Å²) in [5.41, 5.74) is 2.82. The molecule has 1 atom stereocenters. The van der Waals surface area contributed by atoms with Crippen LogP contribution in [0.15, 0.2) is 42.5 Å². The van der Waals surface area contributed by atoms with E-state index in [1.807, 2.05) is 37.2 Å². The maximum Gasteiger partial charge on any atom is 0.254 e. The van der Waals surface area contributed by atoms with E-state index in [1.165, 1.54) is 12.1 Å². The van der Waals surface area contributed by atoms with E-state index in [0.717, 1.165) is 24.1 Å². The maximum absolute atomic E-state index is 13.8. The van der Waals surface area contributed by atoms with Crippen LogP contribution in [0.25, 0.3) is 0 Å². The predicted octanol–water partition coefficient (Wildman–Crippen LogP) is 4.06. The number of carbonyl (C=O) groups is 2. The van der Waals surface area contributed by atoms with Gasteiger partial charge in [-0.15, -0.1) is 0 Å². The second-order valence-corrected chi connectivity index (χ2v) is 7.97. The summed E-state index contributed by atoms with van der Waals surface area (Å²) in [4.78, 5) is 28.8. The molecule has 0 saturated carbocycles. The number of nitrogens with one attached hydrogen (secondary N) is 1. The first-order valence-electron chi connectivity index (χ1n) is 10.6. The van der Waals surface area contributed by atoms with E-state index in [2.05, 4.69) is 5.32 Å². The van der Waals surface area contributed by atoms with Gasteiger partial charge >= 0.3 is 0 Å². The van der Waals surface area contributed by atoms with Crippen LogP contribution < -0.4 is 10.2 Å². The molecule has 7 heteroatoms. The summed E-state index contributed by atoms with van der Waals surface area (Å²) in [5, 5.41) is 2.88. The Morgan fingerprint density at radius 2 is 2.00 bits per heavy atom. The number of hydrogen-bond donors (Lipinski definition) is 1. The standard InChI is InChI=1S/C24H30FN3O3/c1-4-23(29)26-20-10-11-22(27(2)3)18(14-20)15-28(16-21-9-6-12-31-21)24(30)17-7-5-8-19(25)13-17/h5,7-8,10-11,13-14,21H,4,6,9,12,15-16H2,1-3H3,(H,26,29). The Morgan fingerprint density at radius 3 is 2.65 bits per heavy atom. The summed E-state index contributed by atoms with van der Waals surface area (Å²) in [6.07, 6.45) is 2.20. The number of nitrogens with zero attached hydrogens (tertiary/aromatic N) is 2. The number of hydrogen-bond acceptors (Lipinski definition) is 4. The molecule has 2 aromatic rings. The normalized spacial score (nSPS) is 15.5. The number of rotatable bonds is 8. The molecule has 166 valence electrons. The minimum Gasteiger partial charge on any atom is -0.377 e. The molecule has 1 fully saturated rings. The summed E-state index contributed by atoms with van der Waals surface area (Å²) in [5.74, 6) is -0.764. The highest BCUT2D eigenvalue weighted by Crippen LogP contribution is 2.26. The number of carbonyl (C=O) groups excluding carboxylic acids is 2. The molecule has 3 rings (SSSR count). The zero-order valence-electron chi connectivity index (χ0n) is 18.4. The summed E-state index contributed by atoms with van der Waals surface area (Å²) < 4.78 is 19.5. The van der Waals surface area contributed by atoms with Gasteiger partial charge < -0.3 is 19.9 Å². The minimum atomic E-state index is -0.443. The molecule has 1 unspecified atom stereocenters. The molecule has 0 radical (unpaired) electrons. The van der Waals surface area contributed by atoms with Crippen LogP contribution in [0.5, 0.6) is 0 Å². The van der Waals surface area contributed by atoms with E-state index in [0.29, 0.717) is 37.4 Å². The fourth-order valence-corrected chi connectivity index (χ4v) is 3.74. The first kappa shape index (κ1) is 22.7. The van der Waals surface area contributed by atoms with Crippen molar-refractivity contribution in [2.24, 2.45) is 0 Å². The lowest BCUT2D eigenvalue weighted by molar-refractivity contribution is -0.115. The molecule has 6 nitrogen and oxygen atoms in total. The lowest BCUT2D eigenvalue weighted by Gasteiger charge is -2.28. The first-order chi connectivity index (χ1) is 14.9. The molecule has 1 heterocycles. The van der Waals surface area contributed by atoms with Crippen molar-refractivity contribution < 1.29 is 18.7 Å². The average molecular weight is 428 g/mol. The third kappa shape index (κ3) is 6.04. The van der Waals surface area contributed by atoms with Crippen LogP contribution in [0.2, 0.25) is 0 Å². The molecule has 0 bridgehead atoms. The number of halogens is 1. The molecule has 1 aliphatic heterocycles. The highest BCUT2D eigenvalue weighted by Gasteiger charge is 2.25. The molecular formula is C24H30FN3O3. The highest BCUT2D eigenvalue weighted by molar-refractivity contribution is 5.94. The van der Waals surface area contributed by atoms with Crippen LogP contribution in [0, 0.1) is 5.82 Å². The lowest BCUT2D eigenvalue weighted by atomic mass is 10.1. The SMILES string of the molecule is CCC(=O)Nc1ccc(N(C)C)c(CN(CC2CCCO2)C(=O)c2cccc(F)c2)c1. The van der Waals surface area contributed by atoms with Gasteiger partial charge in [0.05, 0.1) is 6.10 Å². The first-order valence-corrected chi connectivity index (χ1v) is 10.6. The van der Waals surface area contributed by atoms with Crippen LogP contribution in [0.1, 0.15) is 42.1 Å². The summed E-state index contributed by atoms with van der Waals surface area (Å²) in [6, 6.07) is 11.4. The van der Waals surface area contributed by atoms with Crippen LogP contribution in [-0.4, -0.2) is 50.1 Å². The number of ether oxygens (including phenoxy) is 1. The van der Waals surface area contributed by atoms with Gasteiger partial charge in [-0.3, -0.25) is 9.59 Å². The van der Waals surface area contributed by atoms with E-state index in [4.69, 9.17) is 4.74 Å². The van der Waals surface area contributed by atoms with Gasteiger partial charge in [0.15, 0.2) is 0 Å². The van der Waals surface area contributed by atoms with Gasteiger partial charge in [-0.1, -0.05) is 13.0 Å². The fraction of sp³-hybridized carbons (Fsp3) is 0.417. The third-order valence-corrected chi connectivity index (χ3v) is 5.33. The molecule has 1 saturated heterocycles. The van der Waals surface area contributed by atoms with Gasteiger partial charge in [-0.05, 0) is 54.8 Å². The molecule has 0 aromatic heterocycles. The molecule has 1 N–H and O–H groups in total. The predicted molar refractivity (Wildman–Crippen MR) is 120 cm³/mol. The van der Waals surface area contributed by atoms with E-state index in [1.54, 1.807) is 24.0 Å². The van der Waals surface area contributed by atoms with Gasteiger partial charge in [-0.2, -0.15) is 0 Å². The molecule has 2 aromatic carbocycles. The van der Waals surface area contributed by atoms with E-state index in [-0.39, 0.29) is 17.9 Å². The van der Waals surface area contributed by atoms with Crippen molar-refractivity contribution in [3.63, 3.8) is 0 Å². The van der Waals surface area contributed by atoms with Crippen molar-refractivity contribution in [1.82, 2.24) is 4.90 Å². The van der Waals surface area contributed by atoms with E-state index in [9.17, 15) is 14.0 Å². The van der Waals surface area contributed by atoms with Crippen LogP contribution in [0.3, 0.4) is 0 Å². The second kappa shape index (κ2) is 10.4. The van der Waals surface area contributed by atoms with Crippen molar-refractivity contribution in [1.29, 1.82) is 0 Å². The highest BCUT2D eigenvalue weighted by atomic mass is 19.1. The zero-order chi connectivity index (χ0) is 22.4. The second-order valence-electron chi connectivity index (χ2n) is 7.97. The molecule has 0 aliphatic carbocycles. The quantitative estimate of drug-likeness (QED) is 0.690. The Labute approximate surface area is 183 Å². The van der Waals surface area contributed by atoms with Crippen LogP contribution in [0.4, 0.5) is 15.8 Å². The van der Waals surface area contributed by atoms with Crippen molar-refractivity contribution in [3.8, 4) is 0 Å². The number of benzene rings is 2. The zero-order valence-corrected chi connectivity index (χ0v) is 18.4. The Balaban J connectivity index is 1.92. The Kier molecular flexibility index (Phi) is 7.63. The van der Waals surface area contributed by atoms with Gasteiger partial charge in [0.1, 0.15) is 5.82 Å².